The minimum atomic E-state index is -2.73. The van der Waals surface area contributed by atoms with E-state index in [4.69, 9.17) is 14.6 Å². The highest BCUT2D eigenvalue weighted by Gasteiger charge is 2.33. The number of halogens is 2. The fraction of sp³-hybridized carbons (Fsp3) is 0.500. The smallest absolute Gasteiger partial charge is 0.317 e. The van der Waals surface area contributed by atoms with Gasteiger partial charge in [0.15, 0.2) is 5.82 Å². The molecule has 2 aromatic heterocycles. The number of aromatic nitrogens is 3. The van der Waals surface area contributed by atoms with Crippen LogP contribution in [0.25, 0.3) is 5.57 Å². The van der Waals surface area contributed by atoms with Gasteiger partial charge in [-0.3, -0.25) is 4.68 Å². The summed E-state index contributed by atoms with van der Waals surface area (Å²) in [5.41, 5.74) is 3.44. The maximum absolute atomic E-state index is 14.7. The van der Waals surface area contributed by atoms with Gasteiger partial charge in [-0.1, -0.05) is 12.7 Å². The van der Waals surface area contributed by atoms with E-state index in [1.54, 1.807) is 30.3 Å². The van der Waals surface area contributed by atoms with Gasteiger partial charge in [0.1, 0.15) is 0 Å². The number of nitrogens with one attached hydrogen (secondary N) is 1. The molecule has 0 bridgehead atoms. The predicted octanol–water partition coefficient (Wildman–Crippen LogP) is 5.11. The molecule has 0 radical (unpaired) electrons. The molecule has 1 N–H and O–H groups in total. The number of anilines is 1. The van der Waals surface area contributed by atoms with E-state index in [-0.39, 0.29) is 17.6 Å². The zero-order valence-corrected chi connectivity index (χ0v) is 23.7. The lowest BCUT2D eigenvalue weighted by molar-refractivity contribution is 0.0651. The second-order valence-electron chi connectivity index (χ2n) is 10.5. The van der Waals surface area contributed by atoms with Gasteiger partial charge in [0, 0.05) is 74.6 Å². The van der Waals surface area contributed by atoms with Crippen LogP contribution in [0, 0.1) is 0 Å². The molecule has 220 valence electrons. The number of pyridine rings is 1. The van der Waals surface area contributed by atoms with Crippen molar-refractivity contribution < 1.29 is 23.0 Å². The Labute approximate surface area is 239 Å². The Morgan fingerprint density at radius 1 is 1.24 bits per heavy atom. The second kappa shape index (κ2) is 12.8. The SMILES string of the molecule is C=C1/C=C(C(F)F)\C(c2ccnc(OC)c2)=C/CCCCN1c1nn(C2CCOCC2)c2c1CN(C(=O)NC)CC2. The van der Waals surface area contributed by atoms with Gasteiger partial charge in [0.05, 0.1) is 19.7 Å². The highest BCUT2D eigenvalue weighted by atomic mass is 19.3. The largest absolute Gasteiger partial charge is 0.481 e. The number of rotatable bonds is 5. The summed E-state index contributed by atoms with van der Waals surface area (Å²) in [5.74, 6) is 1.05. The molecule has 0 atom stereocenters. The molecule has 1 saturated heterocycles. The van der Waals surface area contributed by atoms with Crippen molar-refractivity contribution in [2.45, 2.75) is 57.5 Å². The molecule has 0 aromatic carbocycles. The molecule has 0 unspecified atom stereocenters. The molecule has 2 aromatic rings. The van der Waals surface area contributed by atoms with Crippen molar-refractivity contribution in [3.8, 4) is 5.88 Å². The third-order valence-corrected chi connectivity index (χ3v) is 8.01. The normalized spacial score (nSPS) is 21.5. The first-order valence-corrected chi connectivity index (χ1v) is 14.2. The Balaban J connectivity index is 1.57. The van der Waals surface area contributed by atoms with Crippen LogP contribution < -0.4 is 15.0 Å². The molecule has 1 fully saturated rings. The van der Waals surface area contributed by atoms with Crippen LogP contribution in [-0.4, -0.2) is 72.6 Å². The van der Waals surface area contributed by atoms with E-state index in [1.165, 1.54) is 13.2 Å². The number of alkyl halides is 2. The fourth-order valence-electron chi connectivity index (χ4n) is 5.86. The predicted molar refractivity (Wildman–Crippen MR) is 153 cm³/mol. The minimum absolute atomic E-state index is 0.111. The molecule has 9 nitrogen and oxygen atoms in total. The van der Waals surface area contributed by atoms with Gasteiger partial charge in [-0.25, -0.2) is 18.6 Å². The van der Waals surface area contributed by atoms with Gasteiger partial charge < -0.3 is 24.6 Å². The van der Waals surface area contributed by atoms with Crippen molar-refractivity contribution in [3.63, 3.8) is 0 Å². The summed E-state index contributed by atoms with van der Waals surface area (Å²) in [6.07, 6.45) is 6.83. The topological polar surface area (TPSA) is 84.8 Å². The molecule has 11 heteroatoms. The van der Waals surface area contributed by atoms with Crippen molar-refractivity contribution in [2.24, 2.45) is 0 Å². The molecule has 5 rings (SSSR count). The van der Waals surface area contributed by atoms with E-state index >= 15 is 0 Å². The van der Waals surface area contributed by atoms with Crippen molar-refractivity contribution in [1.29, 1.82) is 0 Å². The summed E-state index contributed by atoms with van der Waals surface area (Å²) in [4.78, 5) is 20.4. The number of ether oxygens (including phenoxy) is 2. The number of hydrogen-bond acceptors (Lipinski definition) is 6. The number of methoxy groups -OCH3 is 1. The third kappa shape index (κ3) is 6.14. The molecule has 3 aliphatic heterocycles. The summed E-state index contributed by atoms with van der Waals surface area (Å²) in [6.45, 7) is 7.17. The van der Waals surface area contributed by atoms with Crippen molar-refractivity contribution >= 4 is 17.4 Å². The maximum atomic E-state index is 14.7. The van der Waals surface area contributed by atoms with Gasteiger partial charge in [-0.05, 0) is 55.4 Å². The van der Waals surface area contributed by atoms with Crippen LogP contribution in [0.1, 0.15) is 55.0 Å². The number of fused-ring (bicyclic) bond motifs is 1. The number of hydrogen-bond donors (Lipinski definition) is 1. The molecule has 3 aliphatic rings. The summed E-state index contributed by atoms with van der Waals surface area (Å²) in [6, 6.07) is 3.43. The van der Waals surface area contributed by atoms with Gasteiger partial charge in [0.2, 0.25) is 5.88 Å². The van der Waals surface area contributed by atoms with Crippen LogP contribution >= 0.6 is 0 Å². The van der Waals surface area contributed by atoms with Crippen LogP contribution in [0.2, 0.25) is 0 Å². The number of carbonyl (C=O) groups is 1. The van der Waals surface area contributed by atoms with Crippen molar-refractivity contribution in [2.75, 3.05) is 45.4 Å². The lowest BCUT2D eigenvalue weighted by atomic mass is 9.95. The third-order valence-electron chi connectivity index (χ3n) is 8.01. The van der Waals surface area contributed by atoms with Gasteiger partial charge in [-0.2, -0.15) is 5.10 Å². The quantitative estimate of drug-likeness (QED) is 0.540. The Bertz CT molecular complexity index is 1330. The van der Waals surface area contributed by atoms with Crippen molar-refractivity contribution in [3.05, 3.63) is 65.2 Å². The molecule has 0 aliphatic carbocycles. The van der Waals surface area contributed by atoms with E-state index in [9.17, 15) is 13.6 Å². The van der Waals surface area contributed by atoms with E-state index in [2.05, 4.69) is 21.6 Å². The van der Waals surface area contributed by atoms with E-state index < -0.39 is 6.43 Å². The molecule has 0 saturated carbocycles. The number of carbonyl (C=O) groups excluding carboxylic acids is 1. The van der Waals surface area contributed by atoms with Gasteiger partial charge in [-0.15, -0.1) is 0 Å². The Kier molecular flexibility index (Phi) is 9.02. The van der Waals surface area contributed by atoms with Crippen LogP contribution in [0.3, 0.4) is 0 Å². The second-order valence-corrected chi connectivity index (χ2v) is 10.5. The monoisotopic (exact) mass is 568 g/mol. The summed E-state index contributed by atoms with van der Waals surface area (Å²) in [7, 11) is 3.12. The summed E-state index contributed by atoms with van der Waals surface area (Å²) >= 11 is 0. The number of nitrogens with zero attached hydrogens (tertiary/aromatic N) is 5. The lowest BCUT2D eigenvalue weighted by Crippen LogP contribution is -2.42. The summed E-state index contributed by atoms with van der Waals surface area (Å²) in [5, 5.41) is 7.84. The lowest BCUT2D eigenvalue weighted by Gasteiger charge is -2.31. The highest BCUT2D eigenvalue weighted by molar-refractivity contribution is 5.81. The van der Waals surface area contributed by atoms with E-state index in [0.29, 0.717) is 74.2 Å². The number of amides is 2. The molecule has 41 heavy (non-hydrogen) atoms. The molecule has 0 spiro atoms. The summed E-state index contributed by atoms with van der Waals surface area (Å²) < 4.78 is 42.3. The maximum Gasteiger partial charge on any atom is 0.317 e. The molecule has 5 heterocycles. The zero-order valence-electron chi connectivity index (χ0n) is 23.7. The average molecular weight is 569 g/mol. The van der Waals surface area contributed by atoms with E-state index in [1.807, 2.05) is 11.0 Å². The van der Waals surface area contributed by atoms with Crippen LogP contribution in [0.5, 0.6) is 5.88 Å². The standard InChI is InChI=1S/C30H38F2N6O3/c1-20-17-24(28(31)32)23(21-8-12-34-27(18-21)40-3)7-5-4-6-13-37(20)29-25-19-36(30(39)33-2)14-9-26(25)38(35-29)22-10-15-41-16-11-22/h7-8,12,17-18,22,28H,1,4-6,9-11,13-16,19H2,2-3H3,(H,33,39)/b23-7-,24-17+. The number of urea groups is 1. The first kappa shape index (κ1) is 28.8. The van der Waals surface area contributed by atoms with Crippen LogP contribution in [0.4, 0.5) is 19.4 Å². The minimum Gasteiger partial charge on any atom is -0.481 e. The fourth-order valence-corrected chi connectivity index (χ4v) is 5.86. The molecular formula is C30H38F2N6O3. The average Bonchev–Trinajstić information content (AvgIpc) is 3.38. The van der Waals surface area contributed by atoms with E-state index in [0.717, 1.165) is 36.9 Å². The van der Waals surface area contributed by atoms with Crippen molar-refractivity contribution in [1.82, 2.24) is 25.0 Å². The Morgan fingerprint density at radius 2 is 2.05 bits per heavy atom. The first-order valence-electron chi connectivity index (χ1n) is 14.2. The first-order chi connectivity index (χ1) is 19.9. The number of allylic oxidation sites excluding steroid dienone is 4. The Hall–Kier alpha value is -3.73. The van der Waals surface area contributed by atoms with Gasteiger partial charge >= 0.3 is 6.03 Å². The highest BCUT2D eigenvalue weighted by Crippen LogP contribution is 2.37. The van der Waals surface area contributed by atoms with Gasteiger partial charge in [0.25, 0.3) is 6.43 Å². The molecular weight excluding hydrogens is 530 g/mol. The Morgan fingerprint density at radius 3 is 2.78 bits per heavy atom. The van der Waals surface area contributed by atoms with Crippen LogP contribution in [-0.2, 0) is 17.7 Å². The zero-order chi connectivity index (χ0) is 28.9. The molecule has 2 amide bonds. The van der Waals surface area contributed by atoms with Crippen LogP contribution in [0.15, 0.2) is 48.3 Å².